The van der Waals surface area contributed by atoms with Gasteiger partial charge in [-0.2, -0.15) is 13.9 Å². The van der Waals surface area contributed by atoms with Crippen molar-refractivity contribution in [1.82, 2.24) is 14.8 Å². The van der Waals surface area contributed by atoms with Gasteiger partial charge in [-0.05, 0) is 49.9 Å². The van der Waals surface area contributed by atoms with E-state index in [4.69, 9.17) is 4.74 Å². The number of benzene rings is 1. The van der Waals surface area contributed by atoms with Gasteiger partial charge in [0.25, 0.3) is 0 Å². The Bertz CT molecular complexity index is 1060. The highest BCUT2D eigenvalue weighted by Crippen LogP contribution is 2.40. The summed E-state index contributed by atoms with van der Waals surface area (Å²) in [5, 5.41) is 4.29. The summed E-state index contributed by atoms with van der Waals surface area (Å²) in [6.07, 6.45) is 9.58. The zero-order valence-electron chi connectivity index (χ0n) is 18.5. The zero-order valence-corrected chi connectivity index (χ0v) is 18.5. The second-order valence-electron chi connectivity index (χ2n) is 8.43. The molecule has 174 valence electrons. The topological polar surface area (TPSA) is 55.7 Å². The molecule has 1 saturated heterocycles. The number of aromatic nitrogens is 3. The number of rotatable bonds is 8. The first-order valence-electron chi connectivity index (χ1n) is 11.3. The molecule has 0 N–H and O–H groups in total. The third-order valence-electron chi connectivity index (χ3n) is 6.13. The molecule has 33 heavy (non-hydrogen) atoms. The fraction of sp³-hybridized carbons (Fsp3) is 0.417. The Morgan fingerprint density at radius 3 is 2.39 bits per heavy atom. The number of pyridine rings is 1. The third kappa shape index (κ3) is 4.86. The molecule has 1 aliphatic carbocycles. The van der Waals surface area contributed by atoms with Crippen molar-refractivity contribution in [2.24, 2.45) is 7.05 Å². The lowest BCUT2D eigenvalue weighted by Gasteiger charge is -2.40. The zero-order chi connectivity index (χ0) is 22.8. The summed E-state index contributed by atoms with van der Waals surface area (Å²) in [6, 6.07) is 10.9. The molecular weight excluding hydrogens is 428 g/mol. The molecule has 0 spiro atoms. The van der Waals surface area contributed by atoms with Crippen LogP contribution < -0.4 is 19.3 Å². The Morgan fingerprint density at radius 1 is 1.00 bits per heavy atom. The van der Waals surface area contributed by atoms with Gasteiger partial charge in [0.1, 0.15) is 23.0 Å². The molecule has 0 atom stereocenters. The first-order chi connectivity index (χ1) is 16.1. The van der Waals surface area contributed by atoms with Crippen LogP contribution in [0.1, 0.15) is 25.7 Å². The highest BCUT2D eigenvalue weighted by molar-refractivity contribution is 5.70. The number of halogens is 2. The Morgan fingerprint density at radius 2 is 1.76 bits per heavy atom. The van der Waals surface area contributed by atoms with Crippen LogP contribution in [-0.2, 0) is 7.05 Å². The smallest absolute Gasteiger partial charge is 0.387 e. The van der Waals surface area contributed by atoms with Crippen LogP contribution in [0.4, 0.5) is 26.0 Å². The predicted molar refractivity (Wildman–Crippen MR) is 122 cm³/mol. The molecule has 0 bridgehead atoms. The molecule has 1 saturated carbocycles. The molecule has 5 rings (SSSR count). The highest BCUT2D eigenvalue weighted by atomic mass is 19.3. The number of aryl methyl sites for hydroxylation is 1. The molecule has 9 heteroatoms. The fourth-order valence-electron chi connectivity index (χ4n) is 4.38. The van der Waals surface area contributed by atoms with Crippen molar-refractivity contribution in [3.63, 3.8) is 0 Å². The van der Waals surface area contributed by atoms with E-state index >= 15 is 0 Å². The molecule has 1 aliphatic heterocycles. The molecule has 2 fully saturated rings. The SMILES string of the molecule is Cn1nccc1N1CCC(N(c2ccc(OC(F)F)cc2)c2cnccc2OC2CC2)CC1. The van der Waals surface area contributed by atoms with Crippen LogP contribution in [0.25, 0.3) is 0 Å². The summed E-state index contributed by atoms with van der Waals surface area (Å²) < 4.78 is 37.9. The van der Waals surface area contributed by atoms with Gasteiger partial charge in [0.2, 0.25) is 0 Å². The number of hydrogen-bond acceptors (Lipinski definition) is 6. The largest absolute Gasteiger partial charge is 0.488 e. The normalized spacial score (nSPS) is 16.8. The van der Waals surface area contributed by atoms with E-state index in [-0.39, 0.29) is 17.9 Å². The summed E-state index contributed by atoms with van der Waals surface area (Å²) in [6.45, 7) is -1.08. The quantitative estimate of drug-likeness (QED) is 0.488. The van der Waals surface area contributed by atoms with E-state index < -0.39 is 6.61 Å². The maximum absolute atomic E-state index is 12.6. The van der Waals surface area contributed by atoms with Gasteiger partial charge in [0.15, 0.2) is 0 Å². The molecule has 0 unspecified atom stereocenters. The predicted octanol–water partition coefficient (Wildman–Crippen LogP) is 4.76. The van der Waals surface area contributed by atoms with E-state index in [2.05, 4.69) is 24.6 Å². The second kappa shape index (κ2) is 9.25. The lowest BCUT2D eigenvalue weighted by molar-refractivity contribution is -0.0498. The van der Waals surface area contributed by atoms with Crippen molar-refractivity contribution in [2.75, 3.05) is 22.9 Å². The van der Waals surface area contributed by atoms with Crippen LogP contribution in [0.5, 0.6) is 11.5 Å². The van der Waals surface area contributed by atoms with Gasteiger partial charge in [-0.25, -0.2) is 0 Å². The van der Waals surface area contributed by atoms with E-state index in [1.165, 1.54) is 0 Å². The van der Waals surface area contributed by atoms with Crippen LogP contribution in [0, 0.1) is 0 Å². The monoisotopic (exact) mass is 455 g/mol. The van der Waals surface area contributed by atoms with E-state index in [0.29, 0.717) is 0 Å². The average molecular weight is 456 g/mol. The van der Waals surface area contributed by atoms with Crippen LogP contribution in [0.15, 0.2) is 55.0 Å². The van der Waals surface area contributed by atoms with Crippen molar-refractivity contribution >= 4 is 17.2 Å². The van der Waals surface area contributed by atoms with Crippen LogP contribution in [0.2, 0.25) is 0 Å². The van der Waals surface area contributed by atoms with Gasteiger partial charge in [0.05, 0.1) is 18.5 Å². The van der Waals surface area contributed by atoms with E-state index in [1.807, 2.05) is 48.4 Å². The summed E-state index contributed by atoms with van der Waals surface area (Å²) in [5.74, 6) is 2.04. The molecular formula is C24H27F2N5O2. The summed E-state index contributed by atoms with van der Waals surface area (Å²) in [7, 11) is 1.95. The average Bonchev–Trinajstić information content (AvgIpc) is 3.53. The van der Waals surface area contributed by atoms with Crippen molar-refractivity contribution in [2.45, 2.75) is 44.4 Å². The Hall–Kier alpha value is -3.36. The van der Waals surface area contributed by atoms with E-state index in [1.54, 1.807) is 18.3 Å². The molecule has 3 heterocycles. The number of hydrogen-bond donors (Lipinski definition) is 0. The van der Waals surface area contributed by atoms with Gasteiger partial charge in [0, 0.05) is 50.2 Å². The maximum atomic E-state index is 12.6. The van der Waals surface area contributed by atoms with Crippen LogP contribution >= 0.6 is 0 Å². The standard InChI is InChI=1S/C24H27F2N5O2/c1-29-23(9-13-28-29)30-14-10-18(11-15-30)31(17-2-4-20(5-3-17)33-24(25)26)21-16-27-12-8-22(21)32-19-6-7-19/h2-5,8-9,12-13,16,18-19,24H,6-7,10-11,14-15H2,1H3. The first kappa shape index (κ1) is 21.5. The number of ether oxygens (including phenoxy) is 2. The Balaban J connectivity index is 1.43. The number of alkyl halides is 2. The van der Waals surface area contributed by atoms with Crippen molar-refractivity contribution in [3.8, 4) is 11.5 Å². The lowest BCUT2D eigenvalue weighted by atomic mass is 10.0. The Labute approximate surface area is 191 Å². The van der Waals surface area contributed by atoms with Gasteiger partial charge < -0.3 is 19.3 Å². The summed E-state index contributed by atoms with van der Waals surface area (Å²) in [5.41, 5.74) is 1.79. The minimum Gasteiger partial charge on any atom is -0.488 e. The van der Waals surface area contributed by atoms with Crippen molar-refractivity contribution < 1.29 is 18.3 Å². The van der Waals surface area contributed by atoms with Crippen LogP contribution in [-0.4, -0.2) is 46.6 Å². The van der Waals surface area contributed by atoms with Gasteiger partial charge in [-0.1, -0.05) is 0 Å². The van der Waals surface area contributed by atoms with Gasteiger partial charge in [-0.3, -0.25) is 9.67 Å². The minimum absolute atomic E-state index is 0.139. The number of piperidine rings is 1. The van der Waals surface area contributed by atoms with E-state index in [0.717, 1.165) is 61.7 Å². The van der Waals surface area contributed by atoms with Gasteiger partial charge >= 0.3 is 6.61 Å². The lowest BCUT2D eigenvalue weighted by Crippen LogP contribution is -2.44. The first-order valence-corrected chi connectivity index (χ1v) is 11.3. The summed E-state index contributed by atoms with van der Waals surface area (Å²) >= 11 is 0. The highest BCUT2D eigenvalue weighted by Gasteiger charge is 2.31. The van der Waals surface area contributed by atoms with Crippen LogP contribution in [0.3, 0.4) is 0 Å². The second-order valence-corrected chi connectivity index (χ2v) is 8.43. The molecule has 3 aromatic rings. The number of anilines is 3. The fourth-order valence-corrected chi connectivity index (χ4v) is 4.38. The summed E-state index contributed by atoms with van der Waals surface area (Å²) in [4.78, 5) is 8.94. The van der Waals surface area contributed by atoms with E-state index in [9.17, 15) is 8.78 Å². The third-order valence-corrected chi connectivity index (χ3v) is 6.13. The minimum atomic E-state index is -2.85. The molecule has 0 amide bonds. The maximum Gasteiger partial charge on any atom is 0.387 e. The van der Waals surface area contributed by atoms with Crippen molar-refractivity contribution in [1.29, 1.82) is 0 Å². The molecule has 0 radical (unpaired) electrons. The molecule has 2 aliphatic rings. The molecule has 1 aromatic carbocycles. The van der Waals surface area contributed by atoms with Gasteiger partial charge in [-0.15, -0.1) is 0 Å². The molecule has 2 aromatic heterocycles. The number of nitrogens with zero attached hydrogens (tertiary/aromatic N) is 5. The Kier molecular flexibility index (Phi) is 6.02. The molecule has 7 nitrogen and oxygen atoms in total. The van der Waals surface area contributed by atoms with Crippen molar-refractivity contribution in [3.05, 3.63) is 55.0 Å².